The Morgan fingerprint density at radius 2 is 1.18 bits per heavy atom. The normalized spacial score (nSPS) is 55.4. The van der Waals surface area contributed by atoms with Crippen molar-refractivity contribution in [2.75, 3.05) is 19.8 Å². The highest BCUT2D eigenvalue weighted by molar-refractivity contribution is 5.63. The van der Waals surface area contributed by atoms with Crippen molar-refractivity contribution in [2.24, 2.45) is 23.7 Å². The number of carbonyl (C=O) groups is 1. The minimum absolute atomic E-state index is 0.0739. The first-order valence-electron chi connectivity index (χ1n) is 16.9. The average Bonchev–Trinajstić information content (AvgIpc) is 3.72. The molecule has 6 fully saturated rings. The van der Waals surface area contributed by atoms with Gasteiger partial charge in [-0.2, -0.15) is 0 Å². The van der Waals surface area contributed by atoms with Crippen molar-refractivity contribution in [1.29, 1.82) is 4.29 Å². The molecule has 0 saturated carbocycles. The monoisotopic (exact) mass is 656 g/mol. The Hall–Kier alpha value is -1.25. The van der Waals surface area contributed by atoms with E-state index < -0.39 is 104 Å². The molecule has 0 radical (unpaired) electrons. The van der Waals surface area contributed by atoms with Gasteiger partial charge in [0.2, 0.25) is 4.29 Å². The molecule has 0 aromatic rings. The van der Waals surface area contributed by atoms with E-state index in [4.69, 9.17) is 51.7 Å². The molecule has 6 rings (SSSR count). The van der Waals surface area contributed by atoms with Crippen molar-refractivity contribution >= 4 is 6.16 Å². The SMILES string of the molecule is [3H]OCC1OC2OC2C(OC2OC(CO[3H])[C@H](O)[C@H](O[C@@H]3OC(CO[3H])[C@@H]4OC(=O)O[C@@H]4C3O[C@@H]3OC(C)[C@H](C)[C@@H](C)C3C)C2C)[C@H]1O. The quantitative estimate of drug-likeness (QED) is 0.121. The Labute approximate surface area is 265 Å². The third-order valence-corrected chi connectivity index (χ3v) is 10.4. The summed E-state index contributed by atoms with van der Waals surface area (Å²) in [4.78, 5) is 12.4. The molecule has 6 aliphatic rings. The molecule has 6 saturated heterocycles. The summed E-state index contributed by atoms with van der Waals surface area (Å²) < 4.78 is 81.6. The lowest BCUT2D eigenvalue weighted by Crippen LogP contribution is -2.64. The molecule has 0 amide bonds. The van der Waals surface area contributed by atoms with E-state index >= 15 is 0 Å². The van der Waals surface area contributed by atoms with Crippen LogP contribution in [-0.4, -0.2) is 154 Å². The zero-order chi connectivity index (χ0) is 34.4. The van der Waals surface area contributed by atoms with Gasteiger partial charge in [0.25, 0.3) is 0 Å². The number of carbonyl (C=O) groups excluding carboxylic acids is 1. The molecule has 20 atom stereocenters. The maximum absolute atomic E-state index is 12.4. The van der Waals surface area contributed by atoms with Gasteiger partial charge in [-0.05, 0) is 18.8 Å². The predicted octanol–water partition coefficient (Wildman–Crippen LogP) is -1.39. The highest BCUT2D eigenvalue weighted by Crippen LogP contribution is 2.43. The van der Waals surface area contributed by atoms with Gasteiger partial charge in [0.1, 0.15) is 42.7 Å². The predicted molar refractivity (Wildman–Crippen MR) is 145 cm³/mol. The van der Waals surface area contributed by atoms with Crippen molar-refractivity contribution in [3.8, 4) is 0 Å². The lowest BCUT2D eigenvalue weighted by Gasteiger charge is -2.49. The molecule has 6 aliphatic heterocycles. The maximum Gasteiger partial charge on any atom is 0.509 e. The summed E-state index contributed by atoms with van der Waals surface area (Å²) in [6, 6.07) is 0. The van der Waals surface area contributed by atoms with Gasteiger partial charge < -0.3 is 72.9 Å². The fourth-order valence-electron chi connectivity index (χ4n) is 6.99. The van der Waals surface area contributed by atoms with Gasteiger partial charge in [-0.15, -0.1) is 0 Å². The minimum Gasteiger partial charge on any atom is -0.424 e. The van der Waals surface area contributed by atoms with E-state index in [0.717, 1.165) is 0 Å². The summed E-state index contributed by atoms with van der Waals surface area (Å²) in [5, 5.41) is 36.1. The molecule has 16 heteroatoms. The van der Waals surface area contributed by atoms with Gasteiger partial charge in [-0.25, -0.2) is 4.79 Å². The van der Waals surface area contributed by atoms with Gasteiger partial charge in [0.05, 0.1) is 32.0 Å². The highest BCUT2D eigenvalue weighted by atomic mass is 16.8. The zero-order valence-corrected chi connectivity index (χ0v) is 25.8. The topological polar surface area (TPSA) is 214 Å². The smallest absolute Gasteiger partial charge is 0.424 e. The fourth-order valence-corrected chi connectivity index (χ4v) is 6.99. The van der Waals surface area contributed by atoms with Crippen LogP contribution in [0.15, 0.2) is 0 Å². The van der Waals surface area contributed by atoms with Crippen LogP contribution >= 0.6 is 0 Å². The van der Waals surface area contributed by atoms with Crippen LogP contribution in [0, 0.1) is 23.7 Å². The first-order valence-corrected chi connectivity index (χ1v) is 15.7. The first kappa shape index (κ1) is 29.9. The second kappa shape index (κ2) is 13.3. The molecule has 0 aromatic carbocycles. The Balaban J connectivity index is 1.26. The van der Waals surface area contributed by atoms with E-state index in [2.05, 4.69) is 29.2 Å². The fraction of sp³-hybridized carbons (Fsp3) is 0.966. The van der Waals surface area contributed by atoms with E-state index in [1.165, 1.54) is 0 Å². The number of aliphatic hydroxyl groups excluding tert-OH is 5. The summed E-state index contributed by atoms with van der Waals surface area (Å²) in [5.41, 5.74) is 0. The summed E-state index contributed by atoms with van der Waals surface area (Å²) in [5.74, 6) is -0.356. The van der Waals surface area contributed by atoms with Crippen LogP contribution in [0.1, 0.15) is 34.6 Å². The van der Waals surface area contributed by atoms with E-state index in [9.17, 15) is 15.0 Å². The molecule has 0 spiro atoms. The average molecular weight is 657 g/mol. The third-order valence-electron chi connectivity index (χ3n) is 10.4. The van der Waals surface area contributed by atoms with E-state index in [-0.39, 0.29) is 43.7 Å². The van der Waals surface area contributed by atoms with Crippen LogP contribution in [-0.2, 0) is 47.4 Å². The molecule has 0 aromatic heterocycles. The standard InChI is InChI=1S/C29H46O16/c1-9-10(2)13(5)36-25(11(9)3)42-24-22-20(44-29(35)45-22)16(8-32)39-28(24)40-19-12(4)26(37-14(6-30)17(19)33)41-21-18(34)15(7-31)38-27-23(21)43-27/h9-28,30-34H,6-8H2,1-5H3/t9-,10-,11?,12?,13?,14?,15?,16?,17+,18+,19-,20+,21?,22+,23?,24?,25+,26?,27?,28+/m1/s1/i30T,31T,32T. The van der Waals surface area contributed by atoms with E-state index in [1.807, 2.05) is 13.8 Å². The number of fused-ring (bicyclic) bond motifs is 2. The minimum atomic E-state index is -1.37. The first-order chi connectivity index (χ1) is 23.0. The lowest BCUT2D eigenvalue weighted by atomic mass is 9.79. The van der Waals surface area contributed by atoms with Crippen molar-refractivity contribution in [1.82, 2.24) is 0 Å². The van der Waals surface area contributed by atoms with Crippen molar-refractivity contribution in [2.45, 2.75) is 133 Å². The Morgan fingerprint density at radius 1 is 0.600 bits per heavy atom. The lowest BCUT2D eigenvalue weighted by molar-refractivity contribution is -0.373. The van der Waals surface area contributed by atoms with Crippen LogP contribution in [0.3, 0.4) is 0 Å². The molecule has 6 heterocycles. The molecular weight excluding hydrogens is 604 g/mol. The second-order valence-corrected chi connectivity index (χ2v) is 13.1. The molecule has 11 unspecified atom stereocenters. The zero-order valence-electron chi connectivity index (χ0n) is 28.8. The Kier molecular flexibility index (Phi) is 8.85. The van der Waals surface area contributed by atoms with Gasteiger partial charge in [-0.1, -0.05) is 27.7 Å². The van der Waals surface area contributed by atoms with Gasteiger partial charge in [-0.3, -0.25) is 0 Å². The van der Waals surface area contributed by atoms with E-state index in [1.54, 1.807) is 6.92 Å². The van der Waals surface area contributed by atoms with Crippen LogP contribution in [0.25, 0.3) is 0 Å². The molecular formula is C29H46O16. The number of ether oxygens (including phenoxy) is 10. The van der Waals surface area contributed by atoms with Gasteiger partial charge in [0, 0.05) is 11.8 Å². The summed E-state index contributed by atoms with van der Waals surface area (Å²) in [7, 11) is 0. The van der Waals surface area contributed by atoms with Crippen molar-refractivity contribution in [3.63, 3.8) is 0 Å². The molecule has 45 heavy (non-hydrogen) atoms. The molecule has 5 N–H and O–H groups in total. The third kappa shape index (κ3) is 6.23. The number of rotatable bonds is 12. The second-order valence-electron chi connectivity index (χ2n) is 13.1. The number of aliphatic hydroxyl groups is 5. The maximum atomic E-state index is 12.4. The van der Waals surface area contributed by atoms with Gasteiger partial charge in [0.15, 0.2) is 43.5 Å². The summed E-state index contributed by atoms with van der Waals surface area (Å²) in [6.07, 6.45) is -16.4. The molecule has 0 aliphatic carbocycles. The Bertz CT molecular complexity index is 1100. The van der Waals surface area contributed by atoms with Crippen LogP contribution < -0.4 is 0 Å². The van der Waals surface area contributed by atoms with Crippen molar-refractivity contribution < 1.29 is 77.7 Å². The van der Waals surface area contributed by atoms with Crippen LogP contribution in [0.5, 0.6) is 0 Å². The van der Waals surface area contributed by atoms with Crippen LogP contribution in [0.4, 0.5) is 4.79 Å². The summed E-state index contributed by atoms with van der Waals surface area (Å²) in [6.45, 7) is 8.98. The molecule has 16 nitrogen and oxygen atoms in total. The largest absolute Gasteiger partial charge is 0.509 e. The number of epoxide rings is 1. The van der Waals surface area contributed by atoms with Crippen LogP contribution in [0.2, 0.25) is 0 Å². The Morgan fingerprint density at radius 3 is 1.91 bits per heavy atom. The van der Waals surface area contributed by atoms with Crippen molar-refractivity contribution in [3.05, 3.63) is 0 Å². The number of hydrogen-bond donors (Lipinski definition) is 5. The van der Waals surface area contributed by atoms with E-state index in [0.29, 0.717) is 0 Å². The molecule has 258 valence electrons. The summed E-state index contributed by atoms with van der Waals surface area (Å²) >= 11 is 0. The highest BCUT2D eigenvalue weighted by Gasteiger charge is 2.61. The van der Waals surface area contributed by atoms with Gasteiger partial charge >= 0.3 is 6.16 Å². The number of hydrogen-bond acceptors (Lipinski definition) is 16. The molecule has 0 bridgehead atoms.